The highest BCUT2D eigenvalue weighted by atomic mass is 16.5. The molecule has 1 aliphatic rings. The van der Waals surface area contributed by atoms with Crippen LogP contribution in [0.5, 0.6) is 5.75 Å². The summed E-state index contributed by atoms with van der Waals surface area (Å²) in [5.74, 6) is 1.34. The van der Waals surface area contributed by atoms with Crippen LogP contribution >= 0.6 is 0 Å². The van der Waals surface area contributed by atoms with E-state index in [1.165, 1.54) is 0 Å². The number of aromatic nitrogens is 2. The fourth-order valence-corrected chi connectivity index (χ4v) is 2.80. The van der Waals surface area contributed by atoms with Gasteiger partial charge >= 0.3 is 6.03 Å². The number of benzene rings is 1. The zero-order chi connectivity index (χ0) is 20.5. The highest BCUT2D eigenvalue weighted by molar-refractivity contribution is 6.10. The van der Waals surface area contributed by atoms with Gasteiger partial charge in [0.05, 0.1) is 31.0 Å². The molecule has 0 bridgehead atoms. The van der Waals surface area contributed by atoms with Gasteiger partial charge in [0.1, 0.15) is 11.5 Å². The number of amides is 2. The minimum absolute atomic E-state index is 0.142. The third kappa shape index (κ3) is 5.75. The van der Waals surface area contributed by atoms with Gasteiger partial charge in [0.2, 0.25) is 0 Å². The normalized spacial score (nSPS) is 17.0. The molecule has 0 saturated heterocycles. The first-order chi connectivity index (χ1) is 14.2. The van der Waals surface area contributed by atoms with E-state index in [2.05, 4.69) is 20.5 Å². The van der Waals surface area contributed by atoms with Crippen LogP contribution in [0, 0.1) is 0 Å². The number of methoxy groups -OCH3 is 1. The number of hydrogen-bond acceptors (Lipinski definition) is 5. The van der Waals surface area contributed by atoms with E-state index in [1.54, 1.807) is 25.5 Å². The number of urea groups is 1. The molecule has 3 rings (SSSR count). The molecule has 7 nitrogen and oxygen atoms in total. The maximum Gasteiger partial charge on any atom is 0.341 e. The molecule has 0 aliphatic heterocycles. The van der Waals surface area contributed by atoms with Crippen molar-refractivity contribution in [3.63, 3.8) is 0 Å². The number of allylic oxidation sites excluding steroid dienone is 3. The summed E-state index contributed by atoms with van der Waals surface area (Å²) in [6.07, 6.45) is 8.01. The summed E-state index contributed by atoms with van der Waals surface area (Å²) in [4.78, 5) is 16.4. The number of rotatable bonds is 7. The molecule has 2 aromatic rings. The second-order valence-electron chi connectivity index (χ2n) is 6.42. The SMILES string of the molecule is CCCOC1=C/C(=N\C(=O)NCc2ccc(OC)cc2)C=CC1c1cccnn1. The maximum absolute atomic E-state index is 12.2. The van der Waals surface area contributed by atoms with E-state index in [0.29, 0.717) is 24.6 Å². The van der Waals surface area contributed by atoms with Gasteiger partial charge in [-0.05, 0) is 42.3 Å². The molecular weight excluding hydrogens is 368 g/mol. The largest absolute Gasteiger partial charge is 0.497 e. The molecule has 150 valence electrons. The second-order valence-corrected chi connectivity index (χ2v) is 6.42. The van der Waals surface area contributed by atoms with Crippen molar-refractivity contribution in [2.24, 2.45) is 4.99 Å². The number of carbonyl (C=O) groups is 1. The molecule has 0 radical (unpaired) electrons. The van der Waals surface area contributed by atoms with Gasteiger partial charge in [-0.3, -0.25) is 0 Å². The van der Waals surface area contributed by atoms with E-state index in [-0.39, 0.29) is 5.92 Å². The summed E-state index contributed by atoms with van der Waals surface area (Å²) in [6, 6.07) is 10.8. The Balaban J connectivity index is 1.67. The van der Waals surface area contributed by atoms with Crippen molar-refractivity contribution in [3.05, 3.63) is 77.8 Å². The first-order valence-electron chi connectivity index (χ1n) is 9.49. The van der Waals surface area contributed by atoms with Gasteiger partial charge in [-0.2, -0.15) is 15.2 Å². The molecule has 29 heavy (non-hydrogen) atoms. The van der Waals surface area contributed by atoms with Crippen LogP contribution in [0.15, 0.2) is 71.6 Å². The van der Waals surface area contributed by atoms with Gasteiger partial charge in [0.25, 0.3) is 0 Å². The highest BCUT2D eigenvalue weighted by Gasteiger charge is 2.21. The van der Waals surface area contributed by atoms with Gasteiger partial charge in [-0.25, -0.2) is 4.79 Å². The number of nitrogens with zero attached hydrogens (tertiary/aromatic N) is 3. The smallest absolute Gasteiger partial charge is 0.341 e. The van der Waals surface area contributed by atoms with Gasteiger partial charge in [-0.1, -0.05) is 25.1 Å². The van der Waals surface area contributed by atoms with Crippen LogP contribution in [-0.2, 0) is 11.3 Å². The van der Waals surface area contributed by atoms with Crippen LogP contribution in [0.4, 0.5) is 4.79 Å². The Morgan fingerprint density at radius 2 is 2.07 bits per heavy atom. The molecular formula is C22H24N4O3. The fraction of sp³-hybridized carbons (Fsp3) is 0.273. The van der Waals surface area contributed by atoms with Crippen molar-refractivity contribution >= 4 is 11.7 Å². The van der Waals surface area contributed by atoms with Crippen molar-refractivity contribution in [2.45, 2.75) is 25.8 Å². The standard InChI is InChI=1S/C22H24N4O3/c1-3-13-29-21-14-17(8-11-19(21)20-5-4-12-24-26-20)25-22(27)23-15-16-6-9-18(28-2)10-7-16/h4-12,14,19H,3,13,15H2,1-2H3,(H,23,27)/b25-17-. The molecule has 0 saturated carbocycles. The molecule has 0 fully saturated rings. The Labute approximate surface area is 170 Å². The Morgan fingerprint density at radius 3 is 2.76 bits per heavy atom. The van der Waals surface area contributed by atoms with Crippen molar-refractivity contribution in [1.29, 1.82) is 0 Å². The quantitative estimate of drug-likeness (QED) is 0.775. The first-order valence-corrected chi connectivity index (χ1v) is 9.49. The highest BCUT2D eigenvalue weighted by Crippen LogP contribution is 2.28. The molecule has 2 amide bonds. The van der Waals surface area contributed by atoms with Gasteiger partial charge in [-0.15, -0.1) is 0 Å². The monoisotopic (exact) mass is 392 g/mol. The Hall–Kier alpha value is -3.48. The summed E-state index contributed by atoms with van der Waals surface area (Å²) in [5, 5.41) is 10.9. The van der Waals surface area contributed by atoms with Crippen LogP contribution in [0.1, 0.15) is 30.5 Å². The Kier molecular flexibility index (Phi) is 7.10. The maximum atomic E-state index is 12.2. The molecule has 1 heterocycles. The van der Waals surface area contributed by atoms with Crippen LogP contribution in [-0.4, -0.2) is 35.7 Å². The van der Waals surface area contributed by atoms with Crippen molar-refractivity contribution in [3.8, 4) is 5.75 Å². The molecule has 1 aromatic carbocycles. The minimum atomic E-state index is -0.412. The lowest BCUT2D eigenvalue weighted by Gasteiger charge is -2.20. The average molecular weight is 392 g/mol. The van der Waals surface area contributed by atoms with Crippen molar-refractivity contribution in [1.82, 2.24) is 15.5 Å². The van der Waals surface area contributed by atoms with Crippen molar-refractivity contribution in [2.75, 3.05) is 13.7 Å². The van der Waals surface area contributed by atoms with E-state index in [4.69, 9.17) is 9.47 Å². The summed E-state index contributed by atoms with van der Waals surface area (Å²) in [6.45, 7) is 3.00. The summed E-state index contributed by atoms with van der Waals surface area (Å²) in [5.41, 5.74) is 2.28. The van der Waals surface area contributed by atoms with E-state index in [1.807, 2.05) is 49.4 Å². The van der Waals surface area contributed by atoms with Crippen LogP contribution in [0.25, 0.3) is 0 Å². The number of carbonyl (C=O) groups excluding carboxylic acids is 1. The summed E-state index contributed by atoms with van der Waals surface area (Å²) in [7, 11) is 1.62. The predicted octanol–water partition coefficient (Wildman–Crippen LogP) is 3.80. The minimum Gasteiger partial charge on any atom is -0.497 e. The van der Waals surface area contributed by atoms with E-state index >= 15 is 0 Å². The third-order valence-corrected chi connectivity index (χ3v) is 4.27. The topological polar surface area (TPSA) is 85.7 Å². The lowest BCUT2D eigenvalue weighted by Crippen LogP contribution is -2.21. The van der Waals surface area contributed by atoms with Crippen molar-refractivity contribution < 1.29 is 14.3 Å². The lowest BCUT2D eigenvalue weighted by molar-refractivity contribution is 0.199. The zero-order valence-corrected chi connectivity index (χ0v) is 16.5. The Bertz CT molecular complexity index is 905. The van der Waals surface area contributed by atoms with E-state index in [0.717, 1.165) is 23.4 Å². The van der Waals surface area contributed by atoms with Crippen LogP contribution in [0.3, 0.4) is 0 Å². The lowest BCUT2D eigenvalue weighted by atomic mass is 9.96. The Morgan fingerprint density at radius 1 is 1.24 bits per heavy atom. The molecule has 1 aliphatic carbocycles. The third-order valence-electron chi connectivity index (χ3n) is 4.27. The molecule has 0 spiro atoms. The number of nitrogens with one attached hydrogen (secondary N) is 1. The first kappa shape index (κ1) is 20.3. The van der Waals surface area contributed by atoms with E-state index < -0.39 is 6.03 Å². The van der Waals surface area contributed by atoms with Gasteiger partial charge < -0.3 is 14.8 Å². The molecule has 1 unspecified atom stereocenters. The molecule has 1 N–H and O–H groups in total. The van der Waals surface area contributed by atoms with E-state index in [9.17, 15) is 4.79 Å². The summed E-state index contributed by atoms with van der Waals surface area (Å²) < 4.78 is 11.0. The number of hydrogen-bond donors (Lipinski definition) is 1. The average Bonchev–Trinajstić information content (AvgIpc) is 2.77. The second kappa shape index (κ2) is 10.2. The van der Waals surface area contributed by atoms with Crippen LogP contribution in [0.2, 0.25) is 0 Å². The summed E-state index contributed by atoms with van der Waals surface area (Å²) >= 11 is 0. The number of ether oxygens (including phenoxy) is 2. The van der Waals surface area contributed by atoms with Gasteiger partial charge in [0.15, 0.2) is 0 Å². The molecule has 7 heteroatoms. The fourth-order valence-electron chi connectivity index (χ4n) is 2.80. The van der Waals surface area contributed by atoms with Gasteiger partial charge in [0, 0.05) is 18.8 Å². The number of aliphatic imine (C=N–C) groups is 1. The zero-order valence-electron chi connectivity index (χ0n) is 16.5. The predicted molar refractivity (Wildman–Crippen MR) is 111 cm³/mol. The molecule has 1 atom stereocenters. The molecule has 1 aromatic heterocycles. The van der Waals surface area contributed by atoms with Crippen LogP contribution < -0.4 is 10.1 Å².